The van der Waals surface area contributed by atoms with Gasteiger partial charge in [-0.2, -0.15) is 0 Å². The Bertz CT molecular complexity index is 739. The second-order valence-electron chi connectivity index (χ2n) is 8.05. The van der Waals surface area contributed by atoms with Crippen molar-refractivity contribution in [2.45, 2.75) is 58.8 Å². The van der Waals surface area contributed by atoms with Crippen LogP contribution in [0.1, 0.15) is 46.1 Å². The van der Waals surface area contributed by atoms with Crippen LogP contribution in [0.5, 0.6) is 0 Å². The predicted molar refractivity (Wildman–Crippen MR) is 119 cm³/mol. The van der Waals surface area contributed by atoms with Crippen molar-refractivity contribution in [3.63, 3.8) is 0 Å². The van der Waals surface area contributed by atoms with E-state index in [0.29, 0.717) is 13.0 Å². The first-order valence-electron chi connectivity index (χ1n) is 10.2. The number of hydrogen-bond donors (Lipinski definition) is 2. The lowest BCUT2D eigenvalue weighted by Gasteiger charge is -2.27. The summed E-state index contributed by atoms with van der Waals surface area (Å²) < 4.78 is 5.55. The highest BCUT2D eigenvalue weighted by atomic mass is 16.6. The van der Waals surface area contributed by atoms with Crippen LogP contribution in [0.15, 0.2) is 54.6 Å². The lowest BCUT2D eigenvalue weighted by atomic mass is 10.1. The summed E-state index contributed by atoms with van der Waals surface area (Å²) >= 11 is 0. The first-order valence-corrected chi connectivity index (χ1v) is 10.2. The summed E-state index contributed by atoms with van der Waals surface area (Å²) in [4.78, 5) is 14.3. The summed E-state index contributed by atoms with van der Waals surface area (Å²) in [7, 11) is 0. The van der Waals surface area contributed by atoms with E-state index in [1.54, 1.807) is 4.90 Å². The molecule has 0 aliphatic rings. The molecule has 1 unspecified atom stereocenters. The number of carbonyl (C=O) groups is 1. The van der Waals surface area contributed by atoms with Crippen LogP contribution in [0.2, 0.25) is 0 Å². The number of carbonyl (C=O) groups excluding carboxylic acids is 1. The molecule has 0 spiro atoms. The number of amides is 1. The van der Waals surface area contributed by atoms with Crippen molar-refractivity contribution < 1.29 is 14.6 Å². The summed E-state index contributed by atoms with van der Waals surface area (Å²) in [5.41, 5.74) is 2.17. The molecule has 2 aromatic rings. The summed E-state index contributed by atoms with van der Waals surface area (Å²) in [6.45, 7) is 8.29. The Balaban J connectivity index is 1.97. The van der Waals surface area contributed by atoms with Gasteiger partial charge in [0.2, 0.25) is 0 Å². The number of aliphatic hydroxyl groups excluding tert-OH is 1. The van der Waals surface area contributed by atoms with E-state index in [-0.39, 0.29) is 6.09 Å². The lowest BCUT2D eigenvalue weighted by Crippen LogP contribution is -2.37. The fourth-order valence-corrected chi connectivity index (χ4v) is 2.79. The van der Waals surface area contributed by atoms with Gasteiger partial charge in [-0.25, -0.2) is 4.79 Å². The van der Waals surface area contributed by atoms with Gasteiger partial charge in [0.25, 0.3) is 0 Å². The van der Waals surface area contributed by atoms with Gasteiger partial charge in [-0.05, 0) is 63.4 Å². The molecule has 157 valence electrons. The van der Waals surface area contributed by atoms with Gasteiger partial charge in [0.15, 0.2) is 0 Å². The number of aliphatic hydroxyl groups is 1. The molecule has 0 heterocycles. The molecule has 1 amide bonds. The molecule has 1 radical (unpaired) electrons. The Morgan fingerprint density at radius 1 is 1.14 bits per heavy atom. The summed E-state index contributed by atoms with van der Waals surface area (Å²) in [6, 6.07) is 17.4. The zero-order valence-electron chi connectivity index (χ0n) is 17.9. The van der Waals surface area contributed by atoms with E-state index in [4.69, 9.17) is 4.74 Å². The van der Waals surface area contributed by atoms with Gasteiger partial charge in [0, 0.05) is 24.3 Å². The van der Waals surface area contributed by atoms with E-state index in [2.05, 4.69) is 12.2 Å². The molecule has 0 aromatic heterocycles. The predicted octanol–water partition coefficient (Wildman–Crippen LogP) is 5.41. The third-order valence-corrected chi connectivity index (χ3v) is 4.26. The fraction of sp³-hybridized carbons (Fsp3) is 0.417. The Morgan fingerprint density at radius 2 is 1.79 bits per heavy atom. The fourth-order valence-electron chi connectivity index (χ4n) is 2.79. The number of hydrogen-bond acceptors (Lipinski definition) is 4. The molecule has 2 aromatic carbocycles. The molecule has 1 atom stereocenters. The van der Waals surface area contributed by atoms with Crippen molar-refractivity contribution in [2.75, 3.05) is 16.8 Å². The first kappa shape index (κ1) is 22.8. The third kappa shape index (κ3) is 8.16. The maximum absolute atomic E-state index is 12.6. The smallest absolute Gasteiger partial charge is 0.414 e. The van der Waals surface area contributed by atoms with Gasteiger partial charge in [-0.1, -0.05) is 43.7 Å². The summed E-state index contributed by atoms with van der Waals surface area (Å²) in [5, 5.41) is 13.3. The lowest BCUT2D eigenvalue weighted by molar-refractivity contribution is 0.0580. The van der Waals surface area contributed by atoms with Crippen molar-refractivity contribution in [3.05, 3.63) is 66.6 Å². The topological polar surface area (TPSA) is 61.8 Å². The molecule has 0 saturated carbocycles. The van der Waals surface area contributed by atoms with Gasteiger partial charge < -0.3 is 15.2 Å². The van der Waals surface area contributed by atoms with Crippen LogP contribution in [-0.2, 0) is 11.2 Å². The largest absolute Gasteiger partial charge is 0.443 e. The molecular formula is C24H33N2O3. The van der Waals surface area contributed by atoms with Crippen LogP contribution >= 0.6 is 0 Å². The van der Waals surface area contributed by atoms with Crippen molar-refractivity contribution in [1.82, 2.24) is 0 Å². The molecule has 2 rings (SSSR count). The molecular weight excluding hydrogens is 364 g/mol. The average molecular weight is 398 g/mol. The van der Waals surface area contributed by atoms with Crippen molar-refractivity contribution >= 4 is 17.5 Å². The molecule has 0 fully saturated rings. The maximum atomic E-state index is 12.6. The molecule has 0 aliphatic carbocycles. The zero-order valence-corrected chi connectivity index (χ0v) is 17.9. The molecule has 0 aliphatic heterocycles. The second kappa shape index (κ2) is 10.9. The molecule has 0 bridgehead atoms. The first-order chi connectivity index (χ1) is 13.8. The molecule has 5 heteroatoms. The van der Waals surface area contributed by atoms with Gasteiger partial charge in [0.1, 0.15) is 11.8 Å². The van der Waals surface area contributed by atoms with E-state index >= 15 is 0 Å². The minimum Gasteiger partial charge on any atom is -0.443 e. The molecule has 29 heavy (non-hydrogen) atoms. The van der Waals surface area contributed by atoms with Crippen molar-refractivity contribution in [1.29, 1.82) is 0 Å². The number of rotatable bonds is 9. The minimum absolute atomic E-state index is 0.345. The van der Waals surface area contributed by atoms with Crippen LogP contribution in [0, 0.1) is 6.42 Å². The number of unbranched alkanes of at least 4 members (excludes halogenated alkanes) is 1. The van der Waals surface area contributed by atoms with Gasteiger partial charge in [0.05, 0.1) is 0 Å². The van der Waals surface area contributed by atoms with Crippen LogP contribution in [0.25, 0.3) is 0 Å². The summed E-state index contributed by atoms with van der Waals surface area (Å²) in [6.07, 6.45) is 3.27. The Hall–Kier alpha value is -2.53. The maximum Gasteiger partial charge on any atom is 0.414 e. The quantitative estimate of drug-likeness (QED) is 0.556. The van der Waals surface area contributed by atoms with E-state index in [1.807, 2.05) is 81.8 Å². The van der Waals surface area contributed by atoms with E-state index in [1.165, 1.54) is 0 Å². The zero-order chi connectivity index (χ0) is 21.3. The number of benzene rings is 2. The van der Waals surface area contributed by atoms with E-state index < -0.39 is 11.8 Å². The standard InChI is InChI=1S/C24H33N2O3/c1-5-6-18-26(23(28)29-24(2,3)4)21-15-13-20(14-16-21)25-22(27)17-12-19-10-8-7-9-11-19/h7-11,13-17,22,25,27H,5-6,12,18H2,1-4H3. The van der Waals surface area contributed by atoms with E-state index in [9.17, 15) is 9.90 Å². The van der Waals surface area contributed by atoms with Gasteiger partial charge in [-0.3, -0.25) is 4.90 Å². The number of ether oxygens (including phenoxy) is 1. The molecule has 0 saturated heterocycles. The third-order valence-electron chi connectivity index (χ3n) is 4.26. The van der Waals surface area contributed by atoms with Crippen LogP contribution in [0.4, 0.5) is 16.2 Å². The minimum atomic E-state index is -0.761. The Labute approximate surface area is 174 Å². The number of nitrogens with zero attached hydrogens (tertiary/aromatic N) is 1. The number of nitrogens with one attached hydrogen (secondary N) is 1. The number of anilines is 2. The van der Waals surface area contributed by atoms with Crippen LogP contribution in [0.3, 0.4) is 0 Å². The SMILES string of the molecule is CCCCN(C(=O)OC(C)(C)C)c1ccc(NC(O)[CH]Cc2ccccc2)cc1. The highest BCUT2D eigenvalue weighted by Crippen LogP contribution is 2.22. The second-order valence-corrected chi connectivity index (χ2v) is 8.05. The average Bonchev–Trinajstić information content (AvgIpc) is 2.67. The molecule has 5 nitrogen and oxygen atoms in total. The van der Waals surface area contributed by atoms with Gasteiger partial charge >= 0.3 is 6.09 Å². The summed E-state index contributed by atoms with van der Waals surface area (Å²) in [5.74, 6) is 0. The highest BCUT2D eigenvalue weighted by molar-refractivity contribution is 5.88. The normalized spacial score (nSPS) is 12.3. The Morgan fingerprint density at radius 3 is 2.38 bits per heavy atom. The van der Waals surface area contributed by atoms with Crippen molar-refractivity contribution in [3.8, 4) is 0 Å². The molecule has 2 N–H and O–H groups in total. The van der Waals surface area contributed by atoms with E-state index in [0.717, 1.165) is 29.8 Å². The highest BCUT2D eigenvalue weighted by Gasteiger charge is 2.23. The van der Waals surface area contributed by atoms with Crippen LogP contribution in [-0.4, -0.2) is 29.6 Å². The van der Waals surface area contributed by atoms with Crippen LogP contribution < -0.4 is 10.2 Å². The Kier molecular flexibility index (Phi) is 8.52. The van der Waals surface area contributed by atoms with Gasteiger partial charge in [-0.15, -0.1) is 0 Å². The monoisotopic (exact) mass is 397 g/mol. The van der Waals surface area contributed by atoms with Crippen molar-refractivity contribution in [2.24, 2.45) is 0 Å².